The summed E-state index contributed by atoms with van der Waals surface area (Å²) in [7, 11) is -3.09. The van der Waals surface area contributed by atoms with Crippen LogP contribution in [0.4, 0.5) is 5.69 Å². The minimum atomic E-state index is -3.09. The van der Waals surface area contributed by atoms with E-state index in [0.717, 1.165) is 17.5 Å². The molecule has 0 bridgehead atoms. The largest absolute Gasteiger partial charge is 0.492 e. The van der Waals surface area contributed by atoms with Crippen LogP contribution < -0.4 is 10.1 Å². The summed E-state index contributed by atoms with van der Waals surface area (Å²) in [4.78, 5) is 12.3. The third-order valence-electron chi connectivity index (χ3n) is 4.00. The molecule has 0 aliphatic carbocycles. The summed E-state index contributed by atoms with van der Waals surface area (Å²) < 4.78 is 29.6. The third-order valence-corrected chi connectivity index (χ3v) is 5.85. The normalized spacial score (nSPS) is 11.3. The van der Waals surface area contributed by atoms with Crippen LogP contribution in [0.15, 0.2) is 60.0 Å². The van der Waals surface area contributed by atoms with E-state index in [9.17, 15) is 13.2 Å². The van der Waals surface area contributed by atoms with E-state index in [2.05, 4.69) is 15.5 Å². The summed E-state index contributed by atoms with van der Waals surface area (Å²) in [5.74, 6) is 0.376. The molecule has 2 aromatic carbocycles. The lowest BCUT2D eigenvalue weighted by molar-refractivity contribution is -0.113. The highest BCUT2D eigenvalue weighted by Crippen LogP contribution is 2.21. The first-order chi connectivity index (χ1) is 14.3. The molecule has 0 unspecified atom stereocenters. The lowest BCUT2D eigenvalue weighted by Gasteiger charge is -2.09. The molecule has 8 nitrogen and oxygen atoms in total. The van der Waals surface area contributed by atoms with E-state index in [0.29, 0.717) is 16.6 Å². The van der Waals surface area contributed by atoms with Crippen LogP contribution in [0.2, 0.25) is 0 Å². The van der Waals surface area contributed by atoms with E-state index in [1.807, 2.05) is 35.8 Å². The zero-order valence-corrected chi connectivity index (χ0v) is 18.2. The van der Waals surface area contributed by atoms with Crippen molar-refractivity contribution in [2.45, 2.75) is 12.1 Å². The van der Waals surface area contributed by atoms with Crippen molar-refractivity contribution in [3.63, 3.8) is 0 Å². The molecule has 3 aromatic rings. The molecule has 1 N–H and O–H groups in total. The van der Waals surface area contributed by atoms with Crippen molar-refractivity contribution < 1.29 is 17.9 Å². The van der Waals surface area contributed by atoms with Crippen molar-refractivity contribution in [1.82, 2.24) is 14.8 Å². The number of aryl methyl sites for hydroxylation is 1. The predicted octanol–water partition coefficient (Wildman–Crippen LogP) is 2.73. The summed E-state index contributed by atoms with van der Waals surface area (Å²) >= 11 is 1.28. The van der Waals surface area contributed by atoms with Gasteiger partial charge in [0.15, 0.2) is 15.0 Å². The molecule has 0 saturated heterocycles. The molecule has 0 radical (unpaired) electrons. The Morgan fingerprint density at radius 3 is 2.70 bits per heavy atom. The van der Waals surface area contributed by atoms with Crippen molar-refractivity contribution in [1.29, 1.82) is 0 Å². The number of aromatic nitrogens is 3. The Bertz CT molecular complexity index is 1110. The zero-order chi connectivity index (χ0) is 21.6. The van der Waals surface area contributed by atoms with E-state index in [4.69, 9.17) is 4.74 Å². The monoisotopic (exact) mass is 446 g/mol. The lowest BCUT2D eigenvalue weighted by atomic mass is 10.2. The van der Waals surface area contributed by atoms with Crippen molar-refractivity contribution in [2.24, 2.45) is 0 Å². The van der Waals surface area contributed by atoms with Gasteiger partial charge in [-0.3, -0.25) is 9.36 Å². The van der Waals surface area contributed by atoms with Crippen LogP contribution in [0.1, 0.15) is 5.56 Å². The fourth-order valence-corrected chi connectivity index (χ4v) is 3.62. The van der Waals surface area contributed by atoms with Gasteiger partial charge in [0, 0.05) is 23.7 Å². The van der Waals surface area contributed by atoms with Crippen molar-refractivity contribution in [2.75, 3.05) is 29.7 Å². The molecule has 0 spiro atoms. The fourth-order valence-electron chi connectivity index (χ4n) is 2.51. The van der Waals surface area contributed by atoms with Crippen LogP contribution in [0.25, 0.3) is 5.69 Å². The highest BCUT2D eigenvalue weighted by atomic mass is 32.2. The van der Waals surface area contributed by atoms with Gasteiger partial charge in [0.1, 0.15) is 18.7 Å². The molecule has 1 amide bonds. The molecule has 0 atom stereocenters. The number of amides is 1. The molecule has 0 aliphatic heterocycles. The minimum absolute atomic E-state index is 0.0563. The highest BCUT2D eigenvalue weighted by molar-refractivity contribution is 7.99. The molecule has 0 aliphatic rings. The highest BCUT2D eigenvalue weighted by Gasteiger charge is 2.11. The van der Waals surface area contributed by atoms with Gasteiger partial charge in [-0.25, -0.2) is 8.42 Å². The number of nitrogens with zero attached hydrogens (tertiary/aromatic N) is 3. The maximum absolute atomic E-state index is 12.3. The minimum Gasteiger partial charge on any atom is -0.492 e. The van der Waals surface area contributed by atoms with Crippen LogP contribution in [0.5, 0.6) is 5.75 Å². The number of carbonyl (C=O) groups is 1. The van der Waals surface area contributed by atoms with Gasteiger partial charge in [0.05, 0.1) is 11.5 Å². The number of thioether (sulfide) groups is 1. The number of sulfone groups is 1. The Morgan fingerprint density at radius 2 is 1.97 bits per heavy atom. The smallest absolute Gasteiger partial charge is 0.234 e. The predicted molar refractivity (Wildman–Crippen MR) is 117 cm³/mol. The van der Waals surface area contributed by atoms with Crippen molar-refractivity contribution >= 4 is 33.2 Å². The van der Waals surface area contributed by atoms with Gasteiger partial charge < -0.3 is 10.1 Å². The Kier molecular flexibility index (Phi) is 7.11. The SMILES string of the molecule is Cc1ccc(-n2cnnc2SCC(=O)Nc2cccc(OCCS(C)(=O)=O)c2)cc1. The average molecular weight is 447 g/mol. The molecule has 1 heterocycles. The van der Waals surface area contributed by atoms with Crippen molar-refractivity contribution in [3.05, 3.63) is 60.4 Å². The van der Waals surface area contributed by atoms with Gasteiger partial charge in [-0.15, -0.1) is 10.2 Å². The van der Waals surface area contributed by atoms with Gasteiger partial charge in [0.2, 0.25) is 5.91 Å². The molecule has 158 valence electrons. The maximum atomic E-state index is 12.3. The molecule has 3 rings (SSSR count). The zero-order valence-electron chi connectivity index (χ0n) is 16.6. The quantitative estimate of drug-likeness (QED) is 0.504. The van der Waals surface area contributed by atoms with E-state index >= 15 is 0 Å². The number of hydrogen-bond donors (Lipinski definition) is 1. The van der Waals surface area contributed by atoms with Gasteiger partial charge in [-0.05, 0) is 31.2 Å². The van der Waals surface area contributed by atoms with Crippen LogP contribution in [0.3, 0.4) is 0 Å². The Morgan fingerprint density at radius 1 is 1.20 bits per heavy atom. The standard InChI is InChI=1S/C20H22N4O4S2/c1-15-6-8-17(9-7-15)24-14-21-23-20(24)29-13-19(25)22-16-4-3-5-18(12-16)28-10-11-30(2,26)27/h3-9,12,14H,10-11,13H2,1-2H3,(H,22,25). The summed E-state index contributed by atoms with van der Waals surface area (Å²) in [6.07, 6.45) is 2.77. The Labute approximate surface area is 179 Å². The number of hydrogen-bond acceptors (Lipinski definition) is 7. The first-order valence-corrected chi connectivity index (χ1v) is 12.1. The summed E-state index contributed by atoms with van der Waals surface area (Å²) in [5, 5.41) is 11.4. The van der Waals surface area contributed by atoms with Gasteiger partial charge in [0.25, 0.3) is 0 Å². The van der Waals surface area contributed by atoms with E-state index in [1.54, 1.807) is 30.6 Å². The van der Waals surface area contributed by atoms with Gasteiger partial charge in [-0.1, -0.05) is 35.5 Å². The van der Waals surface area contributed by atoms with Gasteiger partial charge in [-0.2, -0.15) is 0 Å². The van der Waals surface area contributed by atoms with Gasteiger partial charge >= 0.3 is 0 Å². The first-order valence-electron chi connectivity index (χ1n) is 9.10. The van der Waals surface area contributed by atoms with Crippen LogP contribution in [0, 0.1) is 6.92 Å². The number of rotatable bonds is 9. The molecule has 10 heteroatoms. The van der Waals surface area contributed by atoms with E-state index < -0.39 is 9.84 Å². The number of nitrogens with one attached hydrogen (secondary N) is 1. The Balaban J connectivity index is 1.55. The average Bonchev–Trinajstić information content (AvgIpc) is 3.15. The number of ether oxygens (including phenoxy) is 1. The molecular weight excluding hydrogens is 424 g/mol. The number of anilines is 1. The van der Waals surface area contributed by atoms with Crippen LogP contribution in [-0.4, -0.2) is 53.5 Å². The topological polar surface area (TPSA) is 103 Å². The lowest BCUT2D eigenvalue weighted by Crippen LogP contribution is -2.15. The maximum Gasteiger partial charge on any atom is 0.234 e. The first kappa shape index (κ1) is 21.8. The summed E-state index contributed by atoms with van der Waals surface area (Å²) in [5.41, 5.74) is 2.65. The number of carbonyl (C=O) groups excluding carboxylic acids is 1. The fraction of sp³-hybridized carbons (Fsp3) is 0.250. The van der Waals surface area contributed by atoms with Crippen LogP contribution >= 0.6 is 11.8 Å². The second-order valence-corrected chi connectivity index (χ2v) is 9.86. The van der Waals surface area contributed by atoms with E-state index in [1.165, 1.54) is 11.8 Å². The summed E-state index contributed by atoms with van der Waals surface area (Å²) in [6, 6.07) is 14.8. The molecule has 0 saturated carbocycles. The molecule has 0 fully saturated rings. The molecule has 1 aromatic heterocycles. The Hall–Kier alpha value is -2.85. The number of benzene rings is 2. The summed E-state index contributed by atoms with van der Waals surface area (Å²) in [6.45, 7) is 2.07. The molecular formula is C20H22N4O4S2. The molecule has 30 heavy (non-hydrogen) atoms. The third kappa shape index (κ3) is 6.60. The van der Waals surface area contributed by atoms with Crippen LogP contribution in [-0.2, 0) is 14.6 Å². The second-order valence-electron chi connectivity index (χ2n) is 6.66. The van der Waals surface area contributed by atoms with Crippen molar-refractivity contribution in [3.8, 4) is 11.4 Å². The second kappa shape index (κ2) is 9.77. The van der Waals surface area contributed by atoms with E-state index in [-0.39, 0.29) is 24.0 Å².